The van der Waals surface area contributed by atoms with E-state index in [0.29, 0.717) is 54.6 Å². The Kier molecular flexibility index (Phi) is 6.16. The maximum Gasteiger partial charge on any atom is 0.418 e. The van der Waals surface area contributed by atoms with Gasteiger partial charge in [-0.1, -0.05) is 6.07 Å². The summed E-state index contributed by atoms with van der Waals surface area (Å²) in [5.41, 5.74) is 0.256. The first kappa shape index (κ1) is 22.9. The summed E-state index contributed by atoms with van der Waals surface area (Å²) in [7, 11) is 0. The zero-order valence-electron chi connectivity index (χ0n) is 18.4. The highest BCUT2D eigenvalue weighted by Gasteiger charge is 2.34. The van der Waals surface area contributed by atoms with E-state index >= 15 is 0 Å². The van der Waals surface area contributed by atoms with E-state index in [1.165, 1.54) is 24.5 Å². The molecular weight excluding hydrogens is 464 g/mol. The van der Waals surface area contributed by atoms with Gasteiger partial charge in [0.25, 0.3) is 0 Å². The lowest BCUT2D eigenvalue weighted by Gasteiger charge is -2.28. The lowest BCUT2D eigenvalue weighted by atomic mass is 10.1. The van der Waals surface area contributed by atoms with Crippen molar-refractivity contribution < 1.29 is 22.3 Å². The van der Waals surface area contributed by atoms with Crippen LogP contribution in [0.5, 0.6) is 0 Å². The lowest BCUT2D eigenvalue weighted by molar-refractivity contribution is -0.137. The first-order valence-corrected chi connectivity index (χ1v) is 10.9. The number of hydrogen-bond acceptors (Lipinski definition) is 7. The average molecular weight is 484 g/mol. The van der Waals surface area contributed by atoms with Crippen molar-refractivity contribution in [2.75, 3.05) is 36.5 Å². The number of nitrogens with one attached hydrogen (secondary N) is 1. The molecule has 0 unspecified atom stereocenters. The molecule has 7 nitrogen and oxygen atoms in total. The molecule has 0 radical (unpaired) electrons. The molecule has 5 rings (SSSR count). The van der Waals surface area contributed by atoms with E-state index in [4.69, 9.17) is 4.74 Å². The SMILES string of the molecule is FCc1ccc(Nc2cc(N3CCOCC3)nc3nc(-c4ncccc4C(F)(F)F)ccc23)nc1. The van der Waals surface area contributed by atoms with Gasteiger partial charge in [0.1, 0.15) is 24.0 Å². The molecule has 1 fully saturated rings. The fourth-order valence-corrected chi connectivity index (χ4v) is 3.83. The Morgan fingerprint density at radius 2 is 1.83 bits per heavy atom. The molecule has 11 heteroatoms. The van der Waals surface area contributed by atoms with Crippen LogP contribution in [-0.4, -0.2) is 46.2 Å². The van der Waals surface area contributed by atoms with Crippen LogP contribution in [0.1, 0.15) is 11.1 Å². The number of fused-ring (bicyclic) bond motifs is 1. The average Bonchev–Trinajstić information content (AvgIpc) is 2.88. The van der Waals surface area contributed by atoms with Gasteiger partial charge in [-0.05, 0) is 30.3 Å². The van der Waals surface area contributed by atoms with Crippen LogP contribution in [0.4, 0.5) is 34.9 Å². The van der Waals surface area contributed by atoms with Crippen molar-refractivity contribution >= 4 is 28.4 Å². The number of nitrogens with zero attached hydrogens (tertiary/aromatic N) is 5. The number of morpholine rings is 1. The monoisotopic (exact) mass is 484 g/mol. The van der Waals surface area contributed by atoms with Crippen LogP contribution in [-0.2, 0) is 17.6 Å². The molecule has 0 aromatic carbocycles. The molecule has 0 spiro atoms. The van der Waals surface area contributed by atoms with E-state index in [1.807, 2.05) is 11.0 Å². The van der Waals surface area contributed by atoms with E-state index < -0.39 is 18.4 Å². The number of alkyl halides is 4. The van der Waals surface area contributed by atoms with Crippen molar-refractivity contribution in [3.05, 3.63) is 66.0 Å². The molecular formula is C24H20F4N6O. The maximum absolute atomic E-state index is 13.6. The van der Waals surface area contributed by atoms with Crippen molar-refractivity contribution in [3.63, 3.8) is 0 Å². The number of hydrogen-bond donors (Lipinski definition) is 1. The normalized spacial score (nSPS) is 14.3. The second-order valence-electron chi connectivity index (χ2n) is 7.90. The molecule has 1 aliphatic rings. The van der Waals surface area contributed by atoms with Gasteiger partial charge in [-0.3, -0.25) is 4.98 Å². The third-order valence-electron chi connectivity index (χ3n) is 5.59. The Morgan fingerprint density at radius 1 is 1.00 bits per heavy atom. The molecule has 1 saturated heterocycles. The quantitative estimate of drug-likeness (QED) is 0.393. The van der Waals surface area contributed by atoms with Crippen LogP contribution in [0, 0.1) is 0 Å². The summed E-state index contributed by atoms with van der Waals surface area (Å²) in [5, 5.41) is 3.79. The van der Waals surface area contributed by atoms with Crippen molar-refractivity contribution in [1.82, 2.24) is 19.9 Å². The molecule has 0 saturated carbocycles. The van der Waals surface area contributed by atoms with Gasteiger partial charge >= 0.3 is 6.18 Å². The van der Waals surface area contributed by atoms with Crippen LogP contribution < -0.4 is 10.2 Å². The third kappa shape index (κ3) is 4.85. The van der Waals surface area contributed by atoms with E-state index in [1.54, 1.807) is 18.2 Å². The summed E-state index contributed by atoms with van der Waals surface area (Å²) in [4.78, 5) is 19.3. The zero-order chi connectivity index (χ0) is 24.4. The second-order valence-corrected chi connectivity index (χ2v) is 7.90. The van der Waals surface area contributed by atoms with Gasteiger partial charge in [0.2, 0.25) is 0 Å². The minimum Gasteiger partial charge on any atom is -0.378 e. The van der Waals surface area contributed by atoms with Gasteiger partial charge in [-0.25, -0.2) is 19.3 Å². The lowest BCUT2D eigenvalue weighted by Crippen LogP contribution is -2.36. The first-order valence-electron chi connectivity index (χ1n) is 10.9. The fourth-order valence-electron chi connectivity index (χ4n) is 3.83. The van der Waals surface area contributed by atoms with Crippen molar-refractivity contribution in [1.29, 1.82) is 0 Å². The molecule has 5 heterocycles. The Morgan fingerprint density at radius 3 is 2.54 bits per heavy atom. The minimum atomic E-state index is -4.58. The van der Waals surface area contributed by atoms with Gasteiger partial charge in [0.05, 0.1) is 30.2 Å². The summed E-state index contributed by atoms with van der Waals surface area (Å²) in [6.45, 7) is 1.67. The minimum absolute atomic E-state index is 0.0634. The van der Waals surface area contributed by atoms with Crippen LogP contribution >= 0.6 is 0 Å². The van der Waals surface area contributed by atoms with E-state index in [-0.39, 0.29) is 17.0 Å². The molecule has 4 aromatic heterocycles. The van der Waals surface area contributed by atoms with Crippen LogP contribution in [0.25, 0.3) is 22.4 Å². The van der Waals surface area contributed by atoms with Crippen molar-refractivity contribution in [2.45, 2.75) is 12.9 Å². The summed E-state index contributed by atoms with van der Waals surface area (Å²) >= 11 is 0. The molecule has 0 aliphatic carbocycles. The smallest absolute Gasteiger partial charge is 0.378 e. The van der Waals surface area contributed by atoms with E-state index in [0.717, 1.165) is 6.07 Å². The summed E-state index contributed by atoms with van der Waals surface area (Å²) in [6.07, 6.45) is -1.84. The summed E-state index contributed by atoms with van der Waals surface area (Å²) < 4.78 is 59.0. The van der Waals surface area contributed by atoms with Gasteiger partial charge in [0, 0.05) is 42.5 Å². The molecule has 0 amide bonds. The molecule has 1 N–H and O–H groups in total. The third-order valence-corrected chi connectivity index (χ3v) is 5.59. The van der Waals surface area contributed by atoms with Crippen LogP contribution in [0.3, 0.4) is 0 Å². The fraction of sp³-hybridized carbons (Fsp3) is 0.250. The van der Waals surface area contributed by atoms with Crippen LogP contribution in [0.15, 0.2) is 54.9 Å². The molecule has 4 aromatic rings. The maximum atomic E-state index is 13.6. The second kappa shape index (κ2) is 9.41. The Balaban J connectivity index is 1.62. The first-order chi connectivity index (χ1) is 16.9. The topological polar surface area (TPSA) is 76.1 Å². The molecule has 35 heavy (non-hydrogen) atoms. The number of halogens is 4. The Bertz CT molecular complexity index is 1340. The number of ether oxygens (including phenoxy) is 1. The van der Waals surface area contributed by atoms with Crippen molar-refractivity contribution in [2.24, 2.45) is 0 Å². The van der Waals surface area contributed by atoms with Crippen molar-refractivity contribution in [3.8, 4) is 11.4 Å². The van der Waals surface area contributed by atoms with Crippen LogP contribution in [0.2, 0.25) is 0 Å². The van der Waals surface area contributed by atoms with Gasteiger partial charge < -0.3 is 15.0 Å². The predicted octanol–water partition coefficient (Wildman–Crippen LogP) is 5.16. The number of anilines is 3. The molecule has 1 aliphatic heterocycles. The number of pyridine rings is 4. The molecule has 0 atom stereocenters. The van der Waals surface area contributed by atoms with Gasteiger partial charge in [0.15, 0.2) is 5.65 Å². The summed E-state index contributed by atoms with van der Waals surface area (Å²) in [5.74, 6) is 1.08. The number of aromatic nitrogens is 4. The molecule has 0 bridgehead atoms. The summed E-state index contributed by atoms with van der Waals surface area (Å²) in [6, 6.07) is 10.5. The highest BCUT2D eigenvalue weighted by atomic mass is 19.4. The van der Waals surface area contributed by atoms with Gasteiger partial charge in [-0.15, -0.1) is 0 Å². The highest BCUT2D eigenvalue weighted by Crippen LogP contribution is 2.36. The van der Waals surface area contributed by atoms with E-state index in [9.17, 15) is 17.6 Å². The highest BCUT2D eigenvalue weighted by molar-refractivity contribution is 5.93. The Labute approximate surface area is 197 Å². The standard InChI is InChI=1S/C24H20F4N6O/c25-13-15-3-6-20(30-14-15)31-19-12-21(34-8-10-35-11-9-34)33-23-16(19)4-5-18(32-23)22-17(24(26,27)28)2-1-7-29-22/h1-7,12,14H,8-11,13H2,(H,30,31,32,33). The zero-order valence-corrected chi connectivity index (χ0v) is 18.4. The Hall–Kier alpha value is -3.86. The molecule has 180 valence electrons. The largest absolute Gasteiger partial charge is 0.418 e. The number of rotatable bonds is 5. The van der Waals surface area contributed by atoms with Gasteiger partial charge in [-0.2, -0.15) is 13.2 Å². The predicted molar refractivity (Wildman–Crippen MR) is 123 cm³/mol. The van der Waals surface area contributed by atoms with E-state index in [2.05, 4.69) is 25.3 Å².